The molecular weight excluding hydrogens is 576 g/mol. The topological polar surface area (TPSA) is 90.8 Å². The van der Waals surface area contributed by atoms with E-state index >= 15 is 0 Å². The zero-order chi connectivity index (χ0) is 18.9. The van der Waals surface area contributed by atoms with Crippen molar-refractivity contribution in [1.82, 2.24) is 9.97 Å². The minimum Gasteiger partial charge on any atom is -0.436 e. The van der Waals surface area contributed by atoms with Crippen molar-refractivity contribution in [2.45, 2.75) is 50.5 Å². The number of aromatic nitrogens is 2. The number of nitrogens with zero attached hydrogens (tertiary/aromatic N) is 2. The first-order valence-electron chi connectivity index (χ1n) is 9.55. The van der Waals surface area contributed by atoms with E-state index in [0.29, 0.717) is 36.1 Å². The molecule has 2 aliphatic rings. The van der Waals surface area contributed by atoms with E-state index in [9.17, 15) is 4.79 Å². The van der Waals surface area contributed by atoms with Gasteiger partial charge in [-0.05, 0) is 19.8 Å². The predicted octanol–water partition coefficient (Wildman–Crippen LogP) is 3.32. The fourth-order valence-electron chi connectivity index (χ4n) is 4.29. The summed E-state index contributed by atoms with van der Waals surface area (Å²) in [5.41, 5.74) is 2.02. The van der Waals surface area contributed by atoms with Crippen molar-refractivity contribution in [1.29, 1.82) is 5.41 Å². The molecule has 0 spiro atoms. The first-order chi connectivity index (χ1) is 13.1. The number of anilines is 2. The monoisotopic (exact) mass is 600 g/mol. The van der Waals surface area contributed by atoms with E-state index in [1.165, 1.54) is 25.4 Å². The molecule has 4 rings (SSSR count). The Kier molecular flexibility index (Phi) is 6.57. The first-order valence-corrected chi connectivity index (χ1v) is 9.55. The molecule has 1 atom stereocenters. The van der Waals surface area contributed by atoms with E-state index in [1.54, 1.807) is 0 Å². The van der Waals surface area contributed by atoms with E-state index in [1.807, 2.05) is 25.1 Å². The Morgan fingerprint density at radius 3 is 2.89 bits per heavy atom. The number of hydrogen-bond donors (Lipinski definition) is 3. The number of hydrogen-bond acceptors (Lipinski definition) is 6. The minimum atomic E-state index is -0.935. The van der Waals surface area contributed by atoms with Crippen LogP contribution in [-0.4, -0.2) is 34.6 Å². The third-order valence-corrected chi connectivity index (χ3v) is 5.83. The van der Waals surface area contributed by atoms with Crippen molar-refractivity contribution < 1.29 is 35.9 Å². The van der Waals surface area contributed by atoms with Crippen LogP contribution in [0.15, 0.2) is 24.5 Å². The van der Waals surface area contributed by atoms with Gasteiger partial charge in [0.15, 0.2) is 0 Å². The van der Waals surface area contributed by atoms with Crippen molar-refractivity contribution in [3.63, 3.8) is 0 Å². The van der Waals surface area contributed by atoms with Gasteiger partial charge in [0, 0.05) is 56.3 Å². The molecule has 6 nitrogen and oxygen atoms in total. The molecule has 28 heavy (non-hydrogen) atoms. The largest absolute Gasteiger partial charge is 0.436 e. The Morgan fingerprint density at radius 2 is 2.14 bits per heavy atom. The van der Waals surface area contributed by atoms with Crippen LogP contribution in [0.3, 0.4) is 0 Å². The normalized spacial score (nSPS) is 21.8. The first kappa shape index (κ1) is 21.0. The third-order valence-electron chi connectivity index (χ3n) is 5.83. The quantitative estimate of drug-likeness (QED) is 0.370. The van der Waals surface area contributed by atoms with E-state index < -0.39 is 5.41 Å². The SMILES string of the molecule is C[C@@]1(c2ncnc(NC3CCCC3)c2C=N)C(=O)CCNc2c[c-]ccc21.[U]. The minimum absolute atomic E-state index is 0. The summed E-state index contributed by atoms with van der Waals surface area (Å²) in [6.07, 6.45) is 7.81. The maximum atomic E-state index is 13.2. The fourth-order valence-corrected chi connectivity index (χ4v) is 4.29. The van der Waals surface area contributed by atoms with E-state index in [-0.39, 0.29) is 36.9 Å². The van der Waals surface area contributed by atoms with Gasteiger partial charge in [-0.2, -0.15) is 24.3 Å². The van der Waals surface area contributed by atoms with E-state index in [2.05, 4.69) is 26.7 Å². The second kappa shape index (κ2) is 8.75. The molecule has 3 N–H and O–H groups in total. The summed E-state index contributed by atoms with van der Waals surface area (Å²) in [6, 6.07) is 9.06. The van der Waals surface area contributed by atoms with Gasteiger partial charge in [0.05, 0.1) is 16.7 Å². The molecule has 0 unspecified atom stereocenters. The van der Waals surface area contributed by atoms with Crippen LogP contribution >= 0.6 is 0 Å². The molecule has 1 aromatic carbocycles. The summed E-state index contributed by atoms with van der Waals surface area (Å²) in [5.74, 6) is 0.741. The van der Waals surface area contributed by atoms with Crippen LogP contribution in [0.1, 0.15) is 55.8 Å². The number of Topliss-reactive ketones (excluding diaryl/α,β-unsaturated/α-hetero) is 1. The Labute approximate surface area is 189 Å². The third kappa shape index (κ3) is 3.63. The van der Waals surface area contributed by atoms with Crippen LogP contribution in [0.4, 0.5) is 11.5 Å². The van der Waals surface area contributed by atoms with Gasteiger partial charge in [-0.15, -0.1) is 5.56 Å². The number of carbonyl (C=O) groups excluding carboxylic acids is 1. The van der Waals surface area contributed by atoms with Gasteiger partial charge >= 0.3 is 0 Å². The number of carbonyl (C=O) groups is 1. The summed E-state index contributed by atoms with van der Waals surface area (Å²) in [6.45, 7) is 2.49. The molecule has 1 fully saturated rings. The molecule has 0 radical (unpaired) electrons. The van der Waals surface area contributed by atoms with Gasteiger partial charge in [0.1, 0.15) is 17.9 Å². The van der Waals surface area contributed by atoms with Crippen LogP contribution in [0.2, 0.25) is 0 Å². The summed E-state index contributed by atoms with van der Waals surface area (Å²) in [5, 5.41) is 14.8. The summed E-state index contributed by atoms with van der Waals surface area (Å²) in [4.78, 5) is 22.1. The second-order valence-electron chi connectivity index (χ2n) is 7.45. The van der Waals surface area contributed by atoms with Crippen molar-refractivity contribution in [2.24, 2.45) is 0 Å². The van der Waals surface area contributed by atoms with Crippen LogP contribution in [0.25, 0.3) is 0 Å². The molecular formula is C21H24N5OU-. The predicted molar refractivity (Wildman–Crippen MR) is 106 cm³/mol. The van der Waals surface area contributed by atoms with Gasteiger partial charge in [-0.1, -0.05) is 18.5 Å². The van der Waals surface area contributed by atoms with Crippen LogP contribution < -0.4 is 10.6 Å². The van der Waals surface area contributed by atoms with Gasteiger partial charge < -0.3 is 16.0 Å². The van der Waals surface area contributed by atoms with E-state index in [4.69, 9.17) is 5.41 Å². The Hall–Kier alpha value is -1.71. The molecule has 0 amide bonds. The number of ketones is 1. The average Bonchev–Trinajstić information content (AvgIpc) is 3.16. The molecule has 2 aromatic rings. The number of fused-ring (bicyclic) bond motifs is 1. The summed E-state index contributed by atoms with van der Waals surface area (Å²) < 4.78 is 0. The fraction of sp³-hybridized carbons (Fsp3) is 0.429. The van der Waals surface area contributed by atoms with Gasteiger partial charge in [-0.25, -0.2) is 9.97 Å². The number of nitrogens with one attached hydrogen (secondary N) is 3. The smallest absolute Gasteiger partial charge is 0.148 e. The molecule has 144 valence electrons. The van der Waals surface area contributed by atoms with Gasteiger partial charge in [-0.3, -0.25) is 4.79 Å². The Balaban J connectivity index is 0.00000225. The number of rotatable bonds is 4. The molecule has 0 saturated heterocycles. The average molecular weight is 600 g/mol. The summed E-state index contributed by atoms with van der Waals surface area (Å²) in [7, 11) is 0. The Bertz CT molecular complexity index is 881. The molecule has 1 aliphatic carbocycles. The zero-order valence-corrected chi connectivity index (χ0v) is 20.2. The standard InChI is InChI=1S/C21H24N5O.U/c1-21(16-8-4-5-9-17(16)23-11-10-18(21)27)19-15(12-22)20(25-13-24-19)26-14-6-2-3-7-14;/h4,8-9,12-14,22-23H,2-3,6-7,10-11H2,1H3,(H,24,25,26);/q-1;/t21-;/m0./s1. The molecule has 1 saturated carbocycles. The molecule has 7 heteroatoms. The molecule has 0 bridgehead atoms. The van der Waals surface area contributed by atoms with Gasteiger partial charge in [0.25, 0.3) is 0 Å². The van der Waals surface area contributed by atoms with Crippen LogP contribution in [0, 0.1) is 42.6 Å². The summed E-state index contributed by atoms with van der Waals surface area (Å²) >= 11 is 0. The second-order valence-corrected chi connectivity index (χ2v) is 7.45. The van der Waals surface area contributed by atoms with Crippen molar-refractivity contribution in [3.05, 3.63) is 47.4 Å². The Morgan fingerprint density at radius 1 is 1.36 bits per heavy atom. The molecule has 1 aromatic heterocycles. The molecule has 2 heterocycles. The van der Waals surface area contributed by atoms with E-state index in [0.717, 1.165) is 24.1 Å². The number of benzene rings is 1. The van der Waals surface area contributed by atoms with Crippen LogP contribution in [0.5, 0.6) is 0 Å². The van der Waals surface area contributed by atoms with Crippen molar-refractivity contribution in [3.8, 4) is 0 Å². The maximum absolute atomic E-state index is 13.2. The van der Waals surface area contributed by atoms with Crippen molar-refractivity contribution in [2.75, 3.05) is 17.2 Å². The van der Waals surface area contributed by atoms with Crippen molar-refractivity contribution >= 4 is 23.5 Å². The maximum Gasteiger partial charge on any atom is 0.148 e. The zero-order valence-electron chi connectivity index (χ0n) is 16.0. The van der Waals surface area contributed by atoms with Crippen LogP contribution in [-0.2, 0) is 10.2 Å². The van der Waals surface area contributed by atoms with Gasteiger partial charge in [0.2, 0.25) is 0 Å². The molecule has 1 aliphatic heterocycles.